The number of fused-ring (bicyclic) bond motifs is 1. The molecule has 0 spiro atoms. The highest BCUT2D eigenvalue weighted by atomic mass is 35.5. The number of benzene rings is 2. The van der Waals surface area contributed by atoms with E-state index in [4.69, 9.17) is 46.1 Å². The van der Waals surface area contributed by atoms with Crippen molar-refractivity contribution in [2.75, 3.05) is 5.34 Å². The van der Waals surface area contributed by atoms with E-state index in [-0.39, 0.29) is 5.34 Å². The first-order valence-electron chi connectivity index (χ1n) is 8.75. The Balaban J connectivity index is 0.000000758. The van der Waals surface area contributed by atoms with Crippen LogP contribution >= 0.6 is 46.1 Å². The zero-order chi connectivity index (χ0) is 19.5. The largest absolute Gasteiger partial charge is 0.475 e. The Morgan fingerprint density at radius 3 is 1.81 bits per heavy atom. The summed E-state index contributed by atoms with van der Waals surface area (Å²) in [7, 11) is 0. The van der Waals surface area contributed by atoms with Gasteiger partial charge in [-0.3, -0.25) is 22.9 Å². The van der Waals surface area contributed by atoms with Gasteiger partial charge in [0.25, 0.3) is 0 Å². The Morgan fingerprint density at radius 2 is 1.35 bits per heavy atom. The van der Waals surface area contributed by atoms with Crippen LogP contribution in [0.15, 0.2) is 42.5 Å². The summed E-state index contributed by atoms with van der Waals surface area (Å²) in [5.74, 6) is 0.807. The highest BCUT2D eigenvalue weighted by molar-refractivity contribution is 7.47. The van der Waals surface area contributed by atoms with Crippen LogP contribution in [0.1, 0.15) is 56.2 Å². The van der Waals surface area contributed by atoms with Crippen LogP contribution in [0.25, 0.3) is 0 Å². The molecule has 0 aromatic heterocycles. The first kappa shape index (κ1) is 21.6. The van der Waals surface area contributed by atoms with E-state index in [2.05, 4.69) is 62.7 Å². The van der Waals surface area contributed by atoms with Gasteiger partial charge in [-0.15, -0.1) is 23.2 Å². The third-order valence-corrected chi connectivity index (χ3v) is 5.49. The highest BCUT2D eigenvalue weighted by Crippen LogP contribution is 2.39. The smallest absolute Gasteiger partial charge is 0.388 e. The summed E-state index contributed by atoms with van der Waals surface area (Å²) in [6.45, 7) is 8.85. The van der Waals surface area contributed by atoms with Crippen LogP contribution < -0.4 is 5.46 Å². The van der Waals surface area contributed by atoms with Crippen molar-refractivity contribution in [3.05, 3.63) is 59.2 Å². The summed E-state index contributed by atoms with van der Waals surface area (Å²) < 4.78 is 2.10. The van der Waals surface area contributed by atoms with Gasteiger partial charge in [0.15, 0.2) is 5.69 Å². The Morgan fingerprint density at radius 1 is 0.846 bits per heavy atom. The Labute approximate surface area is 176 Å². The van der Waals surface area contributed by atoms with Crippen molar-refractivity contribution in [1.82, 2.24) is 0 Å². The van der Waals surface area contributed by atoms with Crippen LogP contribution in [-0.2, 0) is 0 Å². The maximum absolute atomic E-state index is 6.87. The second-order valence-corrected chi connectivity index (χ2v) is 9.28. The zero-order valence-electron chi connectivity index (χ0n) is 15.5. The third-order valence-electron chi connectivity index (χ3n) is 4.60. The molecule has 0 saturated heterocycles. The molecule has 1 aliphatic heterocycles. The maximum Gasteiger partial charge on any atom is 0.475 e. The van der Waals surface area contributed by atoms with Crippen molar-refractivity contribution in [2.24, 2.45) is 0 Å². The lowest BCUT2D eigenvalue weighted by Crippen LogP contribution is -2.43. The summed E-state index contributed by atoms with van der Waals surface area (Å²) in [5.41, 5.74) is 5.84. The summed E-state index contributed by atoms with van der Waals surface area (Å²) >= 11 is 23.3. The van der Waals surface area contributed by atoms with E-state index in [0.29, 0.717) is 11.8 Å². The predicted molar refractivity (Wildman–Crippen MR) is 120 cm³/mol. The summed E-state index contributed by atoms with van der Waals surface area (Å²) in [5, 5.41) is -1.64. The monoisotopic (exact) mass is 429 g/mol. The highest BCUT2D eigenvalue weighted by Gasteiger charge is 2.44. The molecule has 140 valence electrons. The van der Waals surface area contributed by atoms with Gasteiger partial charge in [-0.25, -0.2) is 0 Å². The van der Waals surface area contributed by atoms with Gasteiger partial charge in [-0.05, 0) is 11.8 Å². The van der Waals surface area contributed by atoms with Gasteiger partial charge >= 0.3 is 5.11 Å². The minimum Gasteiger partial charge on any atom is -0.388 e. The number of hydrogen-bond donors (Lipinski definition) is 0. The molecule has 0 N–H and O–H groups in total. The molecule has 1 heterocycles. The van der Waals surface area contributed by atoms with Gasteiger partial charge in [0.1, 0.15) is 6.21 Å². The number of hydrogen-bond acceptors (Lipinski definition) is 0. The number of para-hydroxylation sites is 1. The van der Waals surface area contributed by atoms with Gasteiger partial charge in [-0.2, -0.15) is 0 Å². The normalized spacial score (nSPS) is 14.8. The molecule has 0 atom stereocenters. The molecule has 2 aromatic carbocycles. The average molecular weight is 431 g/mol. The number of rotatable bonds is 3. The van der Waals surface area contributed by atoms with Gasteiger partial charge in [-0.1, -0.05) is 75.6 Å². The Hall–Kier alpha value is -0.665. The maximum atomic E-state index is 6.87. The second-order valence-electron chi connectivity index (χ2n) is 6.99. The van der Waals surface area contributed by atoms with Gasteiger partial charge < -0.3 is 4.49 Å². The number of nitrogens with zero attached hydrogens (tertiary/aromatic N) is 1. The molecule has 26 heavy (non-hydrogen) atoms. The summed E-state index contributed by atoms with van der Waals surface area (Å²) in [6.07, 6.45) is 2.10. The molecule has 3 rings (SSSR count). The fraction of sp³-hybridized carbons (Fsp3) is 0.350. The molecule has 1 aliphatic rings. The van der Waals surface area contributed by atoms with Crippen LogP contribution in [0.4, 0.5) is 5.69 Å². The van der Waals surface area contributed by atoms with Crippen molar-refractivity contribution in [3.63, 3.8) is 0 Å². The molecule has 0 bridgehead atoms. The van der Waals surface area contributed by atoms with E-state index in [1.165, 1.54) is 16.8 Å². The van der Waals surface area contributed by atoms with E-state index >= 15 is 0 Å². The molecule has 2 aromatic rings. The van der Waals surface area contributed by atoms with E-state index in [9.17, 15) is 0 Å². The second kappa shape index (κ2) is 9.02. The van der Waals surface area contributed by atoms with Crippen LogP contribution in [0.3, 0.4) is 0 Å². The number of halogens is 4. The average Bonchev–Trinajstić information content (AvgIpc) is 2.86. The van der Waals surface area contributed by atoms with Crippen LogP contribution in [-0.4, -0.2) is 21.2 Å². The van der Waals surface area contributed by atoms with E-state index < -0.39 is 5.11 Å². The van der Waals surface area contributed by atoms with Crippen molar-refractivity contribution in [3.8, 4) is 0 Å². The lowest BCUT2D eigenvalue weighted by atomic mass is 9.77. The van der Waals surface area contributed by atoms with Crippen LogP contribution in [0, 0.1) is 0 Å². The summed E-state index contributed by atoms with van der Waals surface area (Å²) in [6, 6.07) is 14.6. The van der Waals surface area contributed by atoms with Crippen molar-refractivity contribution in [2.45, 2.75) is 39.5 Å². The first-order chi connectivity index (χ1) is 12.3. The minimum absolute atomic E-state index is 0.194. The SMILES string of the molecule is CC(C)c1cccc(C(C)C)c1[N+]1=Cc2ccccc2[B-]1(Cl)Cl.ClCCl. The van der Waals surface area contributed by atoms with Crippen LogP contribution in [0.5, 0.6) is 0 Å². The van der Waals surface area contributed by atoms with Gasteiger partial charge in [0.2, 0.25) is 0 Å². The first-order valence-corrected chi connectivity index (χ1v) is 10.7. The van der Waals surface area contributed by atoms with E-state index in [0.717, 1.165) is 11.0 Å². The van der Waals surface area contributed by atoms with Crippen molar-refractivity contribution < 1.29 is 4.49 Å². The predicted octanol–water partition coefficient (Wildman–Crippen LogP) is 6.76. The van der Waals surface area contributed by atoms with E-state index in [1.807, 2.05) is 18.2 Å². The standard InChI is InChI=1S/C19H22BCl2N.CH2Cl2/c1-13(2)16-9-7-10-17(14(3)4)19(16)23-12-15-8-5-6-11-18(15)20(23,21)22;2-1-3/h5-14H,1-4H3;1H2. The fourth-order valence-corrected chi connectivity index (χ4v) is 4.08. The summed E-state index contributed by atoms with van der Waals surface area (Å²) in [4.78, 5) is 0. The number of alkyl halides is 2. The van der Waals surface area contributed by atoms with Gasteiger partial charge in [0.05, 0.1) is 5.34 Å². The Bertz CT molecular complexity index is 774. The third kappa shape index (κ3) is 4.25. The van der Waals surface area contributed by atoms with Crippen LogP contribution in [0.2, 0.25) is 0 Å². The molecule has 0 aliphatic carbocycles. The molecule has 6 heteroatoms. The van der Waals surface area contributed by atoms with Crippen molar-refractivity contribution >= 4 is 68.6 Å². The molecule has 0 fully saturated rings. The molecular formula is C20H24BCl4N. The quantitative estimate of drug-likeness (QED) is 0.374. The lowest BCUT2D eigenvalue weighted by Gasteiger charge is -2.26. The minimum atomic E-state index is -1.84. The topological polar surface area (TPSA) is 3.01 Å². The molecule has 0 amide bonds. The van der Waals surface area contributed by atoms with Crippen molar-refractivity contribution in [1.29, 1.82) is 0 Å². The molecule has 0 radical (unpaired) electrons. The fourth-order valence-electron chi connectivity index (χ4n) is 3.37. The van der Waals surface area contributed by atoms with E-state index in [1.54, 1.807) is 0 Å². The molecule has 0 saturated carbocycles. The molecule has 0 unspecified atom stereocenters. The zero-order valence-corrected chi connectivity index (χ0v) is 18.5. The molecule has 1 nitrogen and oxygen atoms in total. The lowest BCUT2D eigenvalue weighted by molar-refractivity contribution is -0.275. The van der Waals surface area contributed by atoms with Gasteiger partial charge in [0, 0.05) is 16.7 Å². The molecular weight excluding hydrogens is 407 g/mol. The Kier molecular flexibility index (Phi) is 7.50.